The Hall–Kier alpha value is -4.97. The highest BCUT2D eigenvalue weighted by atomic mass is 16.5. The molecule has 0 aliphatic carbocycles. The van der Waals surface area contributed by atoms with Gasteiger partial charge in [0.15, 0.2) is 0 Å². The van der Waals surface area contributed by atoms with Gasteiger partial charge in [0, 0.05) is 13.1 Å². The van der Waals surface area contributed by atoms with E-state index in [-0.39, 0.29) is 23.8 Å². The summed E-state index contributed by atoms with van der Waals surface area (Å²) < 4.78 is 4.74. The van der Waals surface area contributed by atoms with Crippen molar-refractivity contribution < 1.29 is 19.1 Å². The topological polar surface area (TPSA) is 162 Å². The lowest BCUT2D eigenvalue weighted by Gasteiger charge is -2.30. The zero-order valence-electron chi connectivity index (χ0n) is 27.0. The number of H-pyrrole nitrogens is 2. The Labute approximate surface area is 274 Å². The molecule has 0 saturated carbocycles. The predicted octanol–water partition coefficient (Wildman–Crippen LogP) is 4.63. The number of hydrogen-bond acceptors (Lipinski definition) is 7. The summed E-state index contributed by atoms with van der Waals surface area (Å²) in [5.74, 6) is 1.24. The van der Waals surface area contributed by atoms with E-state index in [9.17, 15) is 14.4 Å². The number of amides is 3. The van der Waals surface area contributed by atoms with Crippen molar-refractivity contribution in [2.75, 3.05) is 20.2 Å². The number of nitrogens with one attached hydrogen (secondary N) is 3. The molecule has 2 fully saturated rings. The highest BCUT2D eigenvalue weighted by molar-refractivity contribution is 5.86. The monoisotopic (exact) mass is 638 g/mol. The van der Waals surface area contributed by atoms with Crippen molar-refractivity contribution in [3.05, 3.63) is 72.6 Å². The normalized spacial score (nSPS) is 18.9. The molecule has 4 aromatic rings. The molecule has 2 aliphatic heterocycles. The van der Waals surface area contributed by atoms with E-state index >= 15 is 0 Å². The van der Waals surface area contributed by atoms with Crippen LogP contribution >= 0.6 is 0 Å². The summed E-state index contributed by atoms with van der Waals surface area (Å²) in [7, 11) is 1.29. The molecule has 2 saturated heterocycles. The molecule has 2 aromatic heterocycles. The number of benzene rings is 2. The molecule has 2 aromatic carbocycles. The number of aromatic nitrogens is 4. The number of ether oxygens (including phenoxy) is 1. The average Bonchev–Trinajstić information content (AvgIpc) is 3.87. The largest absolute Gasteiger partial charge is 0.453 e. The standard InChI is InChI=1S/C35H42N8O4/c1-21(2)31(41-35(46)47-3)34(45)43-17-5-7-29(43)32-38-19-28(40-32)25-14-10-23(11-15-25)22-8-12-24(13-9-22)27-18-37-30(39-27)20-42-16-4-6-26(36)33(42)44/h8-15,18-19,21,26,29,31H,4-7,16-17,20,36H2,1-3H3,(H,37,39)(H,38,40)(H,41,46)/t26-,29+,31?/m1/s1. The Morgan fingerprint density at radius 3 is 2.15 bits per heavy atom. The molecule has 12 heteroatoms. The molecule has 1 unspecified atom stereocenters. The molecule has 0 radical (unpaired) electrons. The third-order valence-electron chi connectivity index (χ3n) is 9.10. The van der Waals surface area contributed by atoms with E-state index in [0.717, 1.165) is 71.0 Å². The third-order valence-corrected chi connectivity index (χ3v) is 9.10. The number of nitrogens with zero attached hydrogens (tertiary/aromatic N) is 4. The lowest BCUT2D eigenvalue weighted by Crippen LogP contribution is -2.51. The van der Waals surface area contributed by atoms with Crippen molar-refractivity contribution >= 4 is 17.9 Å². The zero-order valence-corrected chi connectivity index (χ0v) is 27.0. The second-order valence-electron chi connectivity index (χ2n) is 12.6. The van der Waals surface area contributed by atoms with Gasteiger partial charge in [-0.15, -0.1) is 0 Å². The van der Waals surface area contributed by atoms with Crippen LogP contribution in [0.25, 0.3) is 33.6 Å². The number of imidazole rings is 2. The second kappa shape index (κ2) is 13.8. The fourth-order valence-electron chi connectivity index (χ4n) is 6.43. The third kappa shape index (κ3) is 6.92. The summed E-state index contributed by atoms with van der Waals surface area (Å²) >= 11 is 0. The van der Waals surface area contributed by atoms with Crippen LogP contribution in [0.5, 0.6) is 0 Å². The Bertz CT molecular complexity index is 1710. The Kier molecular flexibility index (Phi) is 9.39. The summed E-state index contributed by atoms with van der Waals surface area (Å²) in [5, 5.41) is 2.69. The van der Waals surface area contributed by atoms with Crippen LogP contribution in [-0.2, 0) is 20.9 Å². The molecule has 4 heterocycles. The molecule has 5 N–H and O–H groups in total. The lowest BCUT2D eigenvalue weighted by atomic mass is 10.0. The van der Waals surface area contributed by atoms with Crippen molar-refractivity contribution in [1.29, 1.82) is 0 Å². The summed E-state index contributed by atoms with van der Waals surface area (Å²) in [6.07, 6.45) is 6.29. The SMILES string of the molecule is COC(=O)NC(C(=O)N1CCC[C@H]1c1ncc(-c2ccc(-c3ccc(-c4cnc(CN5CCC[C@@H](N)C5=O)[nH]4)cc3)cc2)[nH]1)C(C)C. The number of alkyl carbamates (subject to hydrolysis) is 1. The fraction of sp³-hybridized carbons (Fsp3) is 0.400. The van der Waals surface area contributed by atoms with Crippen molar-refractivity contribution in [3.63, 3.8) is 0 Å². The average molecular weight is 639 g/mol. The van der Waals surface area contributed by atoms with Crippen molar-refractivity contribution in [1.82, 2.24) is 35.1 Å². The van der Waals surface area contributed by atoms with Crippen LogP contribution in [0.2, 0.25) is 0 Å². The Balaban J connectivity index is 1.10. The Morgan fingerprint density at radius 2 is 1.51 bits per heavy atom. The lowest BCUT2D eigenvalue weighted by molar-refractivity contribution is -0.136. The molecule has 0 bridgehead atoms. The minimum Gasteiger partial charge on any atom is -0.453 e. The van der Waals surface area contributed by atoms with Crippen LogP contribution in [0.15, 0.2) is 60.9 Å². The maximum absolute atomic E-state index is 13.5. The second-order valence-corrected chi connectivity index (χ2v) is 12.6. The summed E-state index contributed by atoms with van der Waals surface area (Å²) in [5.41, 5.74) is 11.9. The summed E-state index contributed by atoms with van der Waals surface area (Å²) in [4.78, 5) is 57.2. The molecular formula is C35H42N8O4. The molecule has 6 rings (SSSR count). The van der Waals surface area contributed by atoms with E-state index in [4.69, 9.17) is 10.5 Å². The highest BCUT2D eigenvalue weighted by Crippen LogP contribution is 2.33. The number of nitrogens with two attached hydrogens (primary N) is 1. The van der Waals surface area contributed by atoms with Gasteiger partial charge < -0.3 is 35.6 Å². The minimum atomic E-state index is -0.674. The van der Waals surface area contributed by atoms with E-state index in [0.29, 0.717) is 19.6 Å². The van der Waals surface area contributed by atoms with Crippen LogP contribution in [0.1, 0.15) is 57.2 Å². The first-order valence-corrected chi connectivity index (χ1v) is 16.2. The number of methoxy groups -OCH3 is 1. The summed E-state index contributed by atoms with van der Waals surface area (Å²) in [6.45, 7) is 5.55. The molecule has 3 amide bonds. The van der Waals surface area contributed by atoms with Crippen LogP contribution in [-0.4, -0.2) is 79.9 Å². The van der Waals surface area contributed by atoms with Crippen LogP contribution in [0.3, 0.4) is 0 Å². The van der Waals surface area contributed by atoms with Gasteiger partial charge in [0.05, 0.1) is 49.5 Å². The van der Waals surface area contributed by atoms with Gasteiger partial charge in [0.25, 0.3) is 0 Å². The maximum atomic E-state index is 13.5. The van der Waals surface area contributed by atoms with Crippen LogP contribution in [0.4, 0.5) is 4.79 Å². The minimum absolute atomic E-state index is 0.0175. The first kappa shape index (κ1) is 32.0. The van der Waals surface area contributed by atoms with Gasteiger partial charge in [0.1, 0.15) is 17.7 Å². The number of hydrogen-bond donors (Lipinski definition) is 4. The van der Waals surface area contributed by atoms with Crippen molar-refractivity contribution in [2.24, 2.45) is 11.7 Å². The van der Waals surface area contributed by atoms with Crippen LogP contribution in [0, 0.1) is 5.92 Å². The number of likely N-dealkylation sites (tertiary alicyclic amines) is 2. The highest BCUT2D eigenvalue weighted by Gasteiger charge is 2.37. The quantitative estimate of drug-likeness (QED) is 0.208. The van der Waals surface area contributed by atoms with Crippen LogP contribution < -0.4 is 11.1 Å². The molecule has 0 spiro atoms. The Morgan fingerprint density at radius 1 is 0.915 bits per heavy atom. The van der Waals surface area contributed by atoms with E-state index in [1.807, 2.05) is 18.7 Å². The zero-order chi connectivity index (χ0) is 33.1. The maximum Gasteiger partial charge on any atom is 0.407 e. The van der Waals surface area contributed by atoms with Gasteiger partial charge in [0.2, 0.25) is 11.8 Å². The fourth-order valence-corrected chi connectivity index (χ4v) is 6.43. The molecule has 47 heavy (non-hydrogen) atoms. The smallest absolute Gasteiger partial charge is 0.407 e. The number of rotatable bonds is 9. The number of aromatic amines is 2. The first-order chi connectivity index (χ1) is 22.7. The van der Waals surface area contributed by atoms with E-state index in [1.54, 1.807) is 17.3 Å². The van der Waals surface area contributed by atoms with E-state index < -0.39 is 18.2 Å². The molecule has 246 valence electrons. The van der Waals surface area contributed by atoms with Gasteiger partial charge in [-0.3, -0.25) is 9.59 Å². The molecule has 12 nitrogen and oxygen atoms in total. The van der Waals surface area contributed by atoms with E-state index in [1.165, 1.54) is 7.11 Å². The predicted molar refractivity (Wildman–Crippen MR) is 178 cm³/mol. The number of carbonyl (C=O) groups is 3. The van der Waals surface area contributed by atoms with E-state index in [2.05, 4.69) is 73.8 Å². The first-order valence-electron chi connectivity index (χ1n) is 16.2. The van der Waals surface area contributed by atoms with Gasteiger partial charge in [-0.05, 0) is 53.9 Å². The van der Waals surface area contributed by atoms with Crippen molar-refractivity contribution in [2.45, 2.75) is 64.2 Å². The van der Waals surface area contributed by atoms with Gasteiger partial charge in [-0.25, -0.2) is 14.8 Å². The number of carbonyl (C=O) groups excluding carboxylic acids is 3. The molecule has 2 aliphatic rings. The van der Waals surface area contributed by atoms with Gasteiger partial charge in [-0.1, -0.05) is 62.4 Å². The summed E-state index contributed by atoms with van der Waals surface area (Å²) in [6, 6.07) is 15.3. The van der Waals surface area contributed by atoms with Crippen molar-refractivity contribution in [3.8, 4) is 33.6 Å². The molecule has 3 atom stereocenters. The van der Waals surface area contributed by atoms with Gasteiger partial charge in [-0.2, -0.15) is 0 Å². The van der Waals surface area contributed by atoms with Gasteiger partial charge >= 0.3 is 6.09 Å². The molecular weight excluding hydrogens is 596 g/mol. The number of piperidine rings is 1.